The van der Waals surface area contributed by atoms with Gasteiger partial charge in [0.05, 0.1) is 6.10 Å². The first-order valence-corrected chi connectivity index (χ1v) is 8.82. The third-order valence-electron chi connectivity index (χ3n) is 4.56. The molecule has 2 unspecified atom stereocenters. The maximum absolute atomic E-state index is 12.3. The number of nitrogens with one attached hydrogen (secondary N) is 1. The highest BCUT2D eigenvalue weighted by Crippen LogP contribution is 2.14. The van der Waals surface area contributed by atoms with Crippen LogP contribution in [0.1, 0.15) is 56.3 Å². The third kappa shape index (κ3) is 5.96. The summed E-state index contributed by atoms with van der Waals surface area (Å²) in [4.78, 5) is 14.3. The fourth-order valence-electron chi connectivity index (χ4n) is 3.00. The minimum absolute atomic E-state index is 0.0749. The molecule has 1 aliphatic heterocycles. The molecule has 1 aromatic rings. The van der Waals surface area contributed by atoms with E-state index in [0.29, 0.717) is 13.0 Å². The van der Waals surface area contributed by atoms with E-state index in [1.54, 1.807) is 0 Å². The number of hydrogen-bond donors (Lipinski definition) is 2. The Morgan fingerprint density at radius 3 is 2.39 bits per heavy atom. The van der Waals surface area contributed by atoms with Gasteiger partial charge in [-0.05, 0) is 32.3 Å². The first-order chi connectivity index (χ1) is 11.1. The molecule has 128 valence electrons. The maximum atomic E-state index is 12.3. The van der Waals surface area contributed by atoms with Gasteiger partial charge in [-0.3, -0.25) is 4.79 Å². The van der Waals surface area contributed by atoms with Crippen molar-refractivity contribution in [2.45, 2.75) is 58.1 Å². The summed E-state index contributed by atoms with van der Waals surface area (Å²) in [6, 6.07) is 7.99. The van der Waals surface area contributed by atoms with Gasteiger partial charge in [-0.2, -0.15) is 0 Å². The Kier molecular flexibility index (Phi) is 7.06. The second-order valence-electron chi connectivity index (χ2n) is 6.73. The van der Waals surface area contributed by atoms with Gasteiger partial charge < -0.3 is 15.3 Å². The van der Waals surface area contributed by atoms with Crippen LogP contribution in [0.2, 0.25) is 0 Å². The van der Waals surface area contributed by atoms with Gasteiger partial charge in [-0.25, -0.2) is 0 Å². The number of aliphatic hydroxyl groups is 1. The van der Waals surface area contributed by atoms with E-state index >= 15 is 0 Å². The van der Waals surface area contributed by atoms with Crippen molar-refractivity contribution in [1.29, 1.82) is 0 Å². The number of aliphatic hydroxyl groups excluding tert-OH is 1. The monoisotopic (exact) mass is 318 g/mol. The van der Waals surface area contributed by atoms with E-state index in [4.69, 9.17) is 0 Å². The van der Waals surface area contributed by atoms with Crippen molar-refractivity contribution in [3.63, 3.8) is 0 Å². The fraction of sp³-hybridized carbons (Fsp3) is 0.632. The fourth-order valence-corrected chi connectivity index (χ4v) is 3.00. The molecule has 1 aliphatic rings. The van der Waals surface area contributed by atoms with Crippen LogP contribution in [0, 0.1) is 6.92 Å². The standard InChI is InChI=1S/C19H30N2O2/c1-15-7-9-17(10-8-15)18(22)14-20-16(2)13-19(23)21-11-5-3-4-6-12-21/h7-10,16,18,20,22H,3-6,11-14H2,1-2H3. The zero-order valence-corrected chi connectivity index (χ0v) is 14.4. The normalized spacial score (nSPS) is 18.3. The van der Waals surface area contributed by atoms with Crippen molar-refractivity contribution < 1.29 is 9.90 Å². The summed E-state index contributed by atoms with van der Waals surface area (Å²) in [5, 5.41) is 13.5. The Labute approximate surface area is 139 Å². The number of likely N-dealkylation sites (tertiary alicyclic amines) is 1. The first kappa shape index (κ1) is 18.0. The van der Waals surface area contributed by atoms with Crippen molar-refractivity contribution in [1.82, 2.24) is 10.2 Å². The number of carbonyl (C=O) groups is 1. The lowest BCUT2D eigenvalue weighted by Crippen LogP contribution is -2.38. The number of benzene rings is 1. The Morgan fingerprint density at radius 2 is 1.78 bits per heavy atom. The molecule has 1 fully saturated rings. The number of amides is 1. The van der Waals surface area contributed by atoms with E-state index in [0.717, 1.165) is 31.5 Å². The van der Waals surface area contributed by atoms with E-state index in [-0.39, 0.29) is 11.9 Å². The zero-order valence-electron chi connectivity index (χ0n) is 14.4. The molecule has 0 saturated carbocycles. The molecule has 1 aromatic carbocycles. The minimum Gasteiger partial charge on any atom is -0.387 e. The average Bonchev–Trinajstić information content (AvgIpc) is 2.82. The second-order valence-corrected chi connectivity index (χ2v) is 6.73. The van der Waals surface area contributed by atoms with Gasteiger partial charge in [0.15, 0.2) is 0 Å². The SMILES string of the molecule is Cc1ccc(C(O)CNC(C)CC(=O)N2CCCCCC2)cc1. The predicted octanol–water partition coefficient (Wildman–Crippen LogP) is 2.80. The van der Waals surface area contributed by atoms with E-state index < -0.39 is 6.10 Å². The van der Waals surface area contributed by atoms with Crippen LogP contribution in [0.3, 0.4) is 0 Å². The number of hydrogen-bond acceptors (Lipinski definition) is 3. The molecular formula is C19H30N2O2. The lowest BCUT2D eigenvalue weighted by Gasteiger charge is -2.23. The minimum atomic E-state index is -0.536. The van der Waals surface area contributed by atoms with Gasteiger partial charge >= 0.3 is 0 Å². The lowest BCUT2D eigenvalue weighted by atomic mass is 10.1. The molecule has 0 aromatic heterocycles. The Hall–Kier alpha value is -1.39. The van der Waals surface area contributed by atoms with Crippen LogP contribution in [0.15, 0.2) is 24.3 Å². The maximum Gasteiger partial charge on any atom is 0.224 e. The number of carbonyl (C=O) groups excluding carboxylic acids is 1. The Bertz CT molecular complexity index is 479. The van der Waals surface area contributed by atoms with Gasteiger partial charge in [0.1, 0.15) is 0 Å². The zero-order chi connectivity index (χ0) is 16.7. The van der Waals surface area contributed by atoms with Crippen molar-refractivity contribution in [3.05, 3.63) is 35.4 Å². The number of aryl methyl sites for hydroxylation is 1. The molecule has 1 heterocycles. The smallest absolute Gasteiger partial charge is 0.224 e. The second kappa shape index (κ2) is 9.04. The molecule has 0 spiro atoms. The van der Waals surface area contributed by atoms with Gasteiger partial charge in [0.25, 0.3) is 0 Å². The van der Waals surface area contributed by atoms with E-state index in [1.165, 1.54) is 18.4 Å². The molecule has 1 amide bonds. The van der Waals surface area contributed by atoms with Gasteiger partial charge in [-0.1, -0.05) is 42.7 Å². The van der Waals surface area contributed by atoms with Crippen LogP contribution in [0.4, 0.5) is 0 Å². The summed E-state index contributed by atoms with van der Waals surface area (Å²) < 4.78 is 0. The third-order valence-corrected chi connectivity index (χ3v) is 4.56. The summed E-state index contributed by atoms with van der Waals surface area (Å²) in [7, 11) is 0. The molecule has 2 atom stereocenters. The summed E-state index contributed by atoms with van der Waals surface area (Å²) in [6.07, 6.45) is 4.69. The highest BCUT2D eigenvalue weighted by Gasteiger charge is 2.18. The van der Waals surface area contributed by atoms with Gasteiger partial charge in [-0.15, -0.1) is 0 Å². The molecule has 2 rings (SSSR count). The number of nitrogens with zero attached hydrogens (tertiary/aromatic N) is 1. The van der Waals surface area contributed by atoms with Crippen molar-refractivity contribution in [2.75, 3.05) is 19.6 Å². The summed E-state index contributed by atoms with van der Waals surface area (Å²) in [5.41, 5.74) is 2.10. The van der Waals surface area contributed by atoms with Crippen LogP contribution in [-0.2, 0) is 4.79 Å². The van der Waals surface area contributed by atoms with Crippen molar-refractivity contribution >= 4 is 5.91 Å². The van der Waals surface area contributed by atoms with E-state index in [9.17, 15) is 9.90 Å². The summed E-state index contributed by atoms with van der Waals surface area (Å²) in [6.45, 7) is 6.31. The molecule has 0 radical (unpaired) electrons. The molecule has 4 nitrogen and oxygen atoms in total. The average molecular weight is 318 g/mol. The highest BCUT2D eigenvalue weighted by molar-refractivity contribution is 5.76. The van der Waals surface area contributed by atoms with Crippen LogP contribution in [0.5, 0.6) is 0 Å². The first-order valence-electron chi connectivity index (χ1n) is 8.82. The van der Waals surface area contributed by atoms with E-state index in [1.807, 2.05) is 43.0 Å². The van der Waals surface area contributed by atoms with Crippen LogP contribution in [-0.4, -0.2) is 41.6 Å². The van der Waals surface area contributed by atoms with Crippen LogP contribution in [0.25, 0.3) is 0 Å². The lowest BCUT2D eigenvalue weighted by molar-refractivity contribution is -0.131. The molecule has 4 heteroatoms. The Morgan fingerprint density at radius 1 is 1.17 bits per heavy atom. The topological polar surface area (TPSA) is 52.6 Å². The molecule has 0 aliphatic carbocycles. The summed E-state index contributed by atoms with van der Waals surface area (Å²) in [5.74, 6) is 0.233. The quantitative estimate of drug-likeness (QED) is 0.848. The highest BCUT2D eigenvalue weighted by atomic mass is 16.3. The van der Waals surface area contributed by atoms with E-state index in [2.05, 4.69) is 5.32 Å². The van der Waals surface area contributed by atoms with Gasteiger partial charge in [0, 0.05) is 32.1 Å². The summed E-state index contributed by atoms with van der Waals surface area (Å²) >= 11 is 0. The molecule has 2 N–H and O–H groups in total. The predicted molar refractivity (Wildman–Crippen MR) is 93.3 cm³/mol. The van der Waals surface area contributed by atoms with Crippen molar-refractivity contribution in [3.8, 4) is 0 Å². The van der Waals surface area contributed by atoms with Gasteiger partial charge in [0.2, 0.25) is 5.91 Å². The molecule has 23 heavy (non-hydrogen) atoms. The molecule has 1 saturated heterocycles. The Balaban J connectivity index is 1.74. The van der Waals surface area contributed by atoms with Crippen LogP contribution >= 0.6 is 0 Å². The van der Waals surface area contributed by atoms with Crippen LogP contribution < -0.4 is 5.32 Å². The molecular weight excluding hydrogens is 288 g/mol. The molecule has 0 bridgehead atoms. The van der Waals surface area contributed by atoms with Crippen molar-refractivity contribution in [2.24, 2.45) is 0 Å². The largest absolute Gasteiger partial charge is 0.387 e. The number of rotatable bonds is 6.